The van der Waals surface area contributed by atoms with Gasteiger partial charge < -0.3 is 10.3 Å². The molecule has 1 aliphatic rings. The van der Waals surface area contributed by atoms with E-state index in [-0.39, 0.29) is 5.56 Å². The highest BCUT2D eigenvalue weighted by atomic mass is 16.1. The summed E-state index contributed by atoms with van der Waals surface area (Å²) in [4.78, 5) is 14.9. The molecule has 3 nitrogen and oxygen atoms in total. The number of anilines is 1. The van der Waals surface area contributed by atoms with Crippen LogP contribution in [-0.4, -0.2) is 11.5 Å². The monoisotopic (exact) mass is 256 g/mol. The van der Waals surface area contributed by atoms with Crippen molar-refractivity contribution in [3.63, 3.8) is 0 Å². The van der Waals surface area contributed by atoms with Crippen LogP contribution in [-0.2, 0) is 0 Å². The topological polar surface area (TPSA) is 44.9 Å². The van der Waals surface area contributed by atoms with Gasteiger partial charge in [0.1, 0.15) is 5.82 Å². The molecule has 19 heavy (non-hydrogen) atoms. The van der Waals surface area contributed by atoms with Gasteiger partial charge in [-0.15, -0.1) is 0 Å². The molecule has 0 radical (unpaired) electrons. The van der Waals surface area contributed by atoms with Gasteiger partial charge in [-0.2, -0.15) is 0 Å². The number of nitrogens with one attached hydrogen (secondary N) is 2. The van der Waals surface area contributed by atoms with Crippen molar-refractivity contribution >= 4 is 16.6 Å². The molecular formula is C16H20N2O. The maximum Gasteiger partial charge on any atom is 0.257 e. The van der Waals surface area contributed by atoms with E-state index in [9.17, 15) is 4.79 Å². The maximum atomic E-state index is 12.0. The van der Waals surface area contributed by atoms with Gasteiger partial charge in [0, 0.05) is 11.9 Å². The van der Waals surface area contributed by atoms with Crippen LogP contribution in [0, 0.1) is 5.41 Å². The van der Waals surface area contributed by atoms with Crippen LogP contribution in [0.5, 0.6) is 0 Å². The molecule has 0 amide bonds. The molecule has 0 saturated heterocycles. The number of pyridine rings is 1. The van der Waals surface area contributed by atoms with Crippen molar-refractivity contribution in [1.29, 1.82) is 0 Å². The third-order valence-electron chi connectivity index (χ3n) is 4.14. The third kappa shape index (κ3) is 2.50. The Balaban J connectivity index is 1.80. The quantitative estimate of drug-likeness (QED) is 0.859. The number of benzene rings is 1. The summed E-state index contributed by atoms with van der Waals surface area (Å²) in [5.74, 6) is 0.839. The number of aromatic nitrogens is 1. The summed E-state index contributed by atoms with van der Waals surface area (Å²) >= 11 is 0. The molecule has 3 rings (SSSR count). The van der Waals surface area contributed by atoms with E-state index in [1.54, 1.807) is 0 Å². The lowest BCUT2D eigenvalue weighted by molar-refractivity contribution is 0.485. The largest absolute Gasteiger partial charge is 0.371 e. The number of hydrogen-bond donors (Lipinski definition) is 2. The third-order valence-corrected chi connectivity index (χ3v) is 4.14. The van der Waals surface area contributed by atoms with Gasteiger partial charge in [-0.1, -0.05) is 31.5 Å². The molecule has 0 unspecified atom stereocenters. The smallest absolute Gasteiger partial charge is 0.257 e. The average molecular weight is 256 g/mol. The van der Waals surface area contributed by atoms with Crippen molar-refractivity contribution in [2.45, 2.75) is 32.6 Å². The summed E-state index contributed by atoms with van der Waals surface area (Å²) in [5, 5.41) is 5.16. The van der Waals surface area contributed by atoms with E-state index in [2.05, 4.69) is 17.2 Å². The zero-order chi connectivity index (χ0) is 13.3. The lowest BCUT2D eigenvalue weighted by Gasteiger charge is -2.15. The Morgan fingerprint density at radius 3 is 2.84 bits per heavy atom. The molecule has 2 N–H and O–H groups in total. The Kier molecular flexibility index (Phi) is 3.05. The van der Waals surface area contributed by atoms with Crippen molar-refractivity contribution < 1.29 is 0 Å². The van der Waals surface area contributed by atoms with Gasteiger partial charge >= 0.3 is 0 Å². The highest BCUT2D eigenvalue weighted by molar-refractivity contribution is 5.83. The van der Waals surface area contributed by atoms with Gasteiger partial charge in [0.25, 0.3) is 5.56 Å². The maximum absolute atomic E-state index is 12.0. The Bertz CT molecular complexity index is 640. The van der Waals surface area contributed by atoms with E-state index in [1.807, 2.05) is 30.3 Å². The number of H-pyrrole nitrogens is 1. The molecule has 0 spiro atoms. The summed E-state index contributed by atoms with van der Waals surface area (Å²) in [6, 6.07) is 9.72. The van der Waals surface area contributed by atoms with Gasteiger partial charge in [0.15, 0.2) is 0 Å². The van der Waals surface area contributed by atoms with Crippen molar-refractivity contribution in [2.75, 3.05) is 11.9 Å². The highest BCUT2D eigenvalue weighted by Gasteiger charge is 2.41. The molecule has 0 bridgehead atoms. The number of rotatable bonds is 5. The van der Waals surface area contributed by atoms with Crippen LogP contribution in [0.15, 0.2) is 35.1 Å². The minimum Gasteiger partial charge on any atom is -0.371 e. The fourth-order valence-corrected chi connectivity index (χ4v) is 2.81. The van der Waals surface area contributed by atoms with Gasteiger partial charge in [0.05, 0.1) is 0 Å². The molecule has 100 valence electrons. The first-order valence-corrected chi connectivity index (χ1v) is 7.08. The van der Waals surface area contributed by atoms with E-state index in [4.69, 9.17) is 0 Å². The van der Waals surface area contributed by atoms with Crippen LogP contribution in [0.1, 0.15) is 32.6 Å². The van der Waals surface area contributed by atoms with Gasteiger partial charge in [-0.25, -0.2) is 0 Å². The predicted octanol–water partition coefficient (Wildman–Crippen LogP) is 3.52. The summed E-state index contributed by atoms with van der Waals surface area (Å²) in [5.41, 5.74) is 0.470. The van der Waals surface area contributed by atoms with E-state index in [1.165, 1.54) is 25.7 Å². The zero-order valence-electron chi connectivity index (χ0n) is 11.3. The van der Waals surface area contributed by atoms with Crippen molar-refractivity contribution in [2.24, 2.45) is 5.41 Å². The Hall–Kier alpha value is -1.77. The Labute approximate surface area is 113 Å². The molecule has 1 aliphatic carbocycles. The van der Waals surface area contributed by atoms with Crippen LogP contribution < -0.4 is 10.9 Å². The summed E-state index contributed by atoms with van der Waals surface area (Å²) < 4.78 is 0. The minimum atomic E-state index is -0.0130. The molecule has 1 aromatic carbocycles. The van der Waals surface area contributed by atoms with Crippen LogP contribution >= 0.6 is 0 Å². The molecule has 2 aromatic rings. The fraction of sp³-hybridized carbons (Fsp3) is 0.438. The average Bonchev–Trinajstić information content (AvgIpc) is 3.17. The second kappa shape index (κ2) is 4.72. The second-order valence-electron chi connectivity index (χ2n) is 5.70. The molecule has 1 heterocycles. The Morgan fingerprint density at radius 2 is 2.11 bits per heavy atom. The zero-order valence-corrected chi connectivity index (χ0v) is 11.3. The molecular weight excluding hydrogens is 236 g/mol. The first kappa shape index (κ1) is 12.3. The van der Waals surface area contributed by atoms with Crippen LogP contribution in [0.4, 0.5) is 5.82 Å². The lowest BCUT2D eigenvalue weighted by Crippen LogP contribution is -2.18. The summed E-state index contributed by atoms with van der Waals surface area (Å²) in [6.45, 7) is 3.20. The highest BCUT2D eigenvalue weighted by Crippen LogP contribution is 2.49. The Morgan fingerprint density at radius 1 is 1.32 bits per heavy atom. The predicted molar refractivity (Wildman–Crippen MR) is 79.6 cm³/mol. The van der Waals surface area contributed by atoms with Gasteiger partial charge in [-0.3, -0.25) is 4.79 Å². The summed E-state index contributed by atoms with van der Waals surface area (Å²) in [6.07, 6.45) is 5.13. The van der Waals surface area contributed by atoms with E-state index < -0.39 is 0 Å². The lowest BCUT2D eigenvalue weighted by atomic mass is 10.0. The molecule has 1 saturated carbocycles. The molecule has 3 heteroatoms. The standard InChI is InChI=1S/C16H20N2O/c1-2-7-16(8-9-16)11-17-14-10-12-5-3-4-6-13(12)15(19)18-14/h3-6,10H,2,7-9,11H2,1H3,(H2,17,18,19). The molecule has 1 fully saturated rings. The first-order chi connectivity index (χ1) is 9.22. The first-order valence-electron chi connectivity index (χ1n) is 7.08. The number of hydrogen-bond acceptors (Lipinski definition) is 2. The number of aromatic amines is 1. The molecule has 0 aliphatic heterocycles. The van der Waals surface area contributed by atoms with Crippen molar-refractivity contribution in [3.05, 3.63) is 40.7 Å². The van der Waals surface area contributed by atoms with Gasteiger partial charge in [0.2, 0.25) is 0 Å². The van der Waals surface area contributed by atoms with Crippen molar-refractivity contribution in [1.82, 2.24) is 4.98 Å². The normalized spacial score (nSPS) is 16.5. The minimum absolute atomic E-state index is 0.0130. The van der Waals surface area contributed by atoms with Crippen LogP contribution in [0.3, 0.4) is 0 Å². The van der Waals surface area contributed by atoms with Crippen LogP contribution in [0.2, 0.25) is 0 Å². The number of fused-ring (bicyclic) bond motifs is 1. The van der Waals surface area contributed by atoms with Crippen molar-refractivity contribution in [3.8, 4) is 0 Å². The SMILES string of the molecule is CCCC1(CNc2cc3ccccc3c(=O)[nH]2)CC1. The van der Waals surface area contributed by atoms with Gasteiger partial charge in [-0.05, 0) is 42.2 Å². The fourth-order valence-electron chi connectivity index (χ4n) is 2.81. The second-order valence-corrected chi connectivity index (χ2v) is 5.70. The van der Waals surface area contributed by atoms with E-state index >= 15 is 0 Å². The van der Waals surface area contributed by atoms with Crippen LogP contribution in [0.25, 0.3) is 10.8 Å². The molecule has 0 atom stereocenters. The summed E-state index contributed by atoms with van der Waals surface area (Å²) in [7, 11) is 0. The van der Waals surface area contributed by atoms with E-state index in [0.29, 0.717) is 5.41 Å². The van der Waals surface area contributed by atoms with E-state index in [0.717, 1.165) is 23.1 Å². The molecule has 1 aromatic heterocycles.